The Hall–Kier alpha value is -3.28. The van der Waals surface area contributed by atoms with Gasteiger partial charge in [-0.3, -0.25) is 19.3 Å². The molecule has 210 valence electrons. The maximum Gasteiger partial charge on any atom is 0.255 e. The molecule has 1 aromatic rings. The minimum Gasteiger partial charge on any atom is -0.508 e. The highest BCUT2D eigenvalue weighted by Gasteiger charge is 2.64. The summed E-state index contributed by atoms with van der Waals surface area (Å²) in [5.74, 6) is -7.74. The van der Waals surface area contributed by atoms with Crippen LogP contribution in [0.1, 0.15) is 49.8 Å². The second-order valence-corrected chi connectivity index (χ2v) is 12.0. The van der Waals surface area contributed by atoms with E-state index in [1.54, 1.807) is 0 Å². The first-order valence-corrected chi connectivity index (χ1v) is 13.1. The molecule has 5 rings (SSSR count). The van der Waals surface area contributed by atoms with Gasteiger partial charge in [-0.2, -0.15) is 0 Å². The molecule has 11 heteroatoms. The minimum absolute atomic E-state index is 0.0293. The lowest BCUT2D eigenvalue weighted by Gasteiger charge is -2.50. The SMILES string of the molecule is CN(C)[C@@H]1C(=O)C(C(N)=O)=C(O)[C@@]2(O)C(=O)C3=C(O)c4c(O)cc(CNC(C)(C)C5CC5)c(F)c4C[C@H]3C[C@@H]12. The van der Waals surface area contributed by atoms with Crippen LogP contribution in [0.5, 0.6) is 5.75 Å². The predicted octanol–water partition coefficient (Wildman–Crippen LogP) is 1.38. The van der Waals surface area contributed by atoms with E-state index in [2.05, 4.69) is 5.32 Å². The van der Waals surface area contributed by atoms with Gasteiger partial charge in [-0.15, -0.1) is 0 Å². The number of carbonyl (C=O) groups is 3. The van der Waals surface area contributed by atoms with Crippen LogP contribution in [0.25, 0.3) is 5.76 Å². The fraction of sp³-hybridized carbons (Fsp3) is 0.536. The Labute approximate surface area is 225 Å². The molecule has 0 radical (unpaired) electrons. The van der Waals surface area contributed by atoms with E-state index in [1.807, 2.05) is 13.8 Å². The molecule has 2 saturated carbocycles. The van der Waals surface area contributed by atoms with Gasteiger partial charge in [0.1, 0.15) is 28.7 Å². The number of phenolic OH excluding ortho intramolecular Hbond substituents is 1. The van der Waals surface area contributed by atoms with Gasteiger partial charge < -0.3 is 31.5 Å². The van der Waals surface area contributed by atoms with E-state index in [9.17, 15) is 34.8 Å². The average Bonchev–Trinajstić information content (AvgIpc) is 3.68. The van der Waals surface area contributed by atoms with Crippen molar-refractivity contribution in [2.45, 2.75) is 63.3 Å². The highest BCUT2D eigenvalue weighted by atomic mass is 19.1. The van der Waals surface area contributed by atoms with Crippen LogP contribution in [0.4, 0.5) is 4.39 Å². The third-order valence-corrected chi connectivity index (χ3v) is 9.06. The van der Waals surface area contributed by atoms with Gasteiger partial charge >= 0.3 is 0 Å². The summed E-state index contributed by atoms with van der Waals surface area (Å²) in [5.41, 5.74) is 1.17. The van der Waals surface area contributed by atoms with Crippen molar-refractivity contribution in [2.75, 3.05) is 14.1 Å². The fourth-order valence-electron chi connectivity index (χ4n) is 6.75. The van der Waals surface area contributed by atoms with Crippen molar-refractivity contribution < 1.29 is 39.2 Å². The third kappa shape index (κ3) is 3.89. The molecule has 0 heterocycles. The summed E-state index contributed by atoms with van der Waals surface area (Å²) in [4.78, 5) is 40.4. The molecule has 4 atom stereocenters. The smallest absolute Gasteiger partial charge is 0.255 e. The Balaban J connectivity index is 1.61. The molecule has 39 heavy (non-hydrogen) atoms. The average molecular weight is 544 g/mol. The van der Waals surface area contributed by atoms with Crippen LogP contribution in [0.2, 0.25) is 0 Å². The second-order valence-electron chi connectivity index (χ2n) is 12.0. The van der Waals surface area contributed by atoms with E-state index in [0.29, 0.717) is 5.92 Å². The molecule has 0 saturated heterocycles. The van der Waals surface area contributed by atoms with Gasteiger partial charge in [-0.1, -0.05) is 0 Å². The molecule has 7 N–H and O–H groups in total. The normalized spacial score (nSPS) is 28.9. The highest BCUT2D eigenvalue weighted by Crippen LogP contribution is 2.53. The summed E-state index contributed by atoms with van der Waals surface area (Å²) in [5, 5.41) is 47.9. The first-order valence-electron chi connectivity index (χ1n) is 13.1. The number of amides is 1. The van der Waals surface area contributed by atoms with Crippen LogP contribution >= 0.6 is 0 Å². The summed E-state index contributed by atoms with van der Waals surface area (Å²) < 4.78 is 15.9. The first kappa shape index (κ1) is 27.3. The van der Waals surface area contributed by atoms with Gasteiger partial charge in [0, 0.05) is 34.7 Å². The Kier molecular flexibility index (Phi) is 6.21. The summed E-state index contributed by atoms with van der Waals surface area (Å²) >= 11 is 0. The maximum atomic E-state index is 15.9. The van der Waals surface area contributed by atoms with E-state index < -0.39 is 69.6 Å². The summed E-state index contributed by atoms with van der Waals surface area (Å²) in [6, 6.07) is 0.0107. The molecular formula is C28H34FN3O7. The second kappa shape index (κ2) is 8.87. The molecule has 10 nitrogen and oxygen atoms in total. The molecule has 0 aliphatic heterocycles. The van der Waals surface area contributed by atoms with Gasteiger partial charge in [0.2, 0.25) is 5.78 Å². The number of nitrogens with zero attached hydrogens (tertiary/aromatic N) is 1. The first-order chi connectivity index (χ1) is 18.1. The van der Waals surface area contributed by atoms with Gasteiger partial charge in [-0.05, 0) is 71.5 Å². The fourth-order valence-corrected chi connectivity index (χ4v) is 6.75. The number of hydrogen-bond acceptors (Lipinski definition) is 9. The highest BCUT2D eigenvalue weighted by molar-refractivity contribution is 6.24. The summed E-state index contributed by atoms with van der Waals surface area (Å²) in [6.07, 6.45) is 1.99. The maximum absolute atomic E-state index is 15.9. The van der Waals surface area contributed by atoms with Crippen molar-refractivity contribution in [2.24, 2.45) is 23.5 Å². The van der Waals surface area contributed by atoms with Gasteiger partial charge in [-0.25, -0.2) is 4.39 Å². The Morgan fingerprint density at radius 1 is 1.23 bits per heavy atom. The number of fused-ring (bicyclic) bond motifs is 3. The van der Waals surface area contributed by atoms with E-state index in [1.165, 1.54) is 25.1 Å². The van der Waals surface area contributed by atoms with E-state index in [4.69, 9.17) is 5.73 Å². The Morgan fingerprint density at radius 3 is 2.44 bits per heavy atom. The summed E-state index contributed by atoms with van der Waals surface area (Å²) in [7, 11) is 3.04. The van der Waals surface area contributed by atoms with Crippen LogP contribution in [-0.4, -0.2) is 74.1 Å². The number of nitrogens with two attached hydrogens (primary N) is 1. The largest absolute Gasteiger partial charge is 0.508 e. The molecule has 4 aliphatic rings. The minimum atomic E-state index is -2.73. The number of primary amides is 1. The van der Waals surface area contributed by atoms with Crippen molar-refractivity contribution in [3.63, 3.8) is 0 Å². The van der Waals surface area contributed by atoms with Crippen molar-refractivity contribution in [1.82, 2.24) is 10.2 Å². The van der Waals surface area contributed by atoms with Crippen molar-refractivity contribution in [1.29, 1.82) is 0 Å². The number of aliphatic hydroxyl groups is 3. The lowest BCUT2D eigenvalue weighted by molar-refractivity contribution is -0.153. The molecule has 0 aromatic heterocycles. The summed E-state index contributed by atoms with van der Waals surface area (Å²) in [6.45, 7) is 4.22. The van der Waals surface area contributed by atoms with E-state index in [-0.39, 0.29) is 47.2 Å². The quantitative estimate of drug-likeness (QED) is 0.290. The standard InChI is InChI=1S/C28H34FN3O7/c1-27(2,13-5-6-13)31-10-12-9-16(33)18-14(20(12)29)7-11-8-15-21(32(3)4)23(35)19(26(30)38)25(37)28(15,39)24(36)17(11)22(18)34/h9,11,13,15,21,31,33-34,37,39H,5-8,10H2,1-4H3,(H2,30,38)/t11-,15-,21-,28-/m0/s1. The van der Waals surface area contributed by atoms with Gasteiger partial charge in [0.25, 0.3) is 5.91 Å². The predicted molar refractivity (Wildman–Crippen MR) is 138 cm³/mol. The van der Waals surface area contributed by atoms with Gasteiger partial charge in [0.15, 0.2) is 11.4 Å². The molecular weight excluding hydrogens is 509 g/mol. The number of phenols is 1. The molecule has 2 fully saturated rings. The molecule has 4 aliphatic carbocycles. The topological polar surface area (TPSA) is 173 Å². The number of hydrogen-bond donors (Lipinski definition) is 6. The number of Topliss-reactive ketones (excluding diaryl/α,β-unsaturated/α-hetero) is 2. The van der Waals surface area contributed by atoms with Crippen molar-refractivity contribution >= 4 is 23.2 Å². The van der Waals surface area contributed by atoms with Crippen molar-refractivity contribution in [3.8, 4) is 5.75 Å². The van der Waals surface area contributed by atoms with Crippen LogP contribution < -0.4 is 11.1 Å². The number of aliphatic hydroxyl groups excluding tert-OH is 2. The zero-order valence-corrected chi connectivity index (χ0v) is 22.3. The number of likely N-dealkylation sites (N-methyl/N-ethyl adjacent to an activating group) is 1. The van der Waals surface area contributed by atoms with E-state index in [0.717, 1.165) is 12.8 Å². The van der Waals surface area contributed by atoms with Crippen LogP contribution in [0, 0.1) is 23.6 Å². The lowest BCUT2D eigenvalue weighted by atomic mass is 9.57. The monoisotopic (exact) mass is 543 g/mol. The van der Waals surface area contributed by atoms with Crippen LogP contribution in [0.15, 0.2) is 23.0 Å². The number of carbonyl (C=O) groups excluding carboxylic acids is 3. The number of benzene rings is 1. The Morgan fingerprint density at radius 2 is 1.87 bits per heavy atom. The number of ketones is 2. The zero-order chi connectivity index (χ0) is 28.8. The molecule has 1 amide bonds. The van der Waals surface area contributed by atoms with Gasteiger partial charge in [0.05, 0.1) is 11.6 Å². The lowest BCUT2D eigenvalue weighted by Crippen LogP contribution is -2.65. The molecule has 0 bridgehead atoms. The third-order valence-electron chi connectivity index (χ3n) is 9.06. The molecule has 0 spiro atoms. The number of rotatable bonds is 6. The van der Waals surface area contributed by atoms with Crippen LogP contribution in [0.3, 0.4) is 0 Å². The number of halogens is 1. The number of aromatic hydroxyl groups is 1. The Bertz CT molecular complexity index is 1380. The molecule has 1 aromatic carbocycles. The molecule has 0 unspecified atom stereocenters. The van der Waals surface area contributed by atoms with Crippen LogP contribution in [-0.2, 0) is 27.3 Å². The van der Waals surface area contributed by atoms with E-state index >= 15 is 4.39 Å². The zero-order valence-electron chi connectivity index (χ0n) is 22.3. The number of nitrogens with one attached hydrogen (secondary N) is 1. The van der Waals surface area contributed by atoms with Crippen molar-refractivity contribution in [3.05, 3.63) is 45.5 Å².